The Bertz CT molecular complexity index is 435. The highest BCUT2D eigenvalue weighted by molar-refractivity contribution is 9.10. The van der Waals surface area contributed by atoms with Crippen molar-refractivity contribution in [1.29, 1.82) is 0 Å². The van der Waals surface area contributed by atoms with Gasteiger partial charge >= 0.3 is 0 Å². The van der Waals surface area contributed by atoms with E-state index in [0.29, 0.717) is 6.61 Å². The first-order valence-corrected chi connectivity index (χ1v) is 5.42. The van der Waals surface area contributed by atoms with Crippen LogP contribution >= 0.6 is 15.9 Å². The fraction of sp³-hybridized carbons (Fsp3) is 0.167. The van der Waals surface area contributed by atoms with Gasteiger partial charge < -0.3 is 9.15 Å². The van der Waals surface area contributed by atoms with Crippen molar-refractivity contribution in [2.24, 2.45) is 0 Å². The number of hydrogen-bond acceptors (Lipinski definition) is 2. The van der Waals surface area contributed by atoms with Crippen LogP contribution < -0.4 is 0 Å². The summed E-state index contributed by atoms with van der Waals surface area (Å²) in [6.07, 6.45) is 1.67. The van der Waals surface area contributed by atoms with E-state index in [1.54, 1.807) is 13.4 Å². The Kier molecular flexibility index (Phi) is 3.23. The van der Waals surface area contributed by atoms with E-state index in [-0.39, 0.29) is 0 Å². The van der Waals surface area contributed by atoms with Crippen molar-refractivity contribution in [3.8, 4) is 11.3 Å². The standard InChI is InChI=1S/C12H11BrO2/c1-14-8-9-4-5-10(13)7-11(9)12-3-2-6-15-12/h2-7H,8H2,1H3. The number of halogens is 1. The van der Waals surface area contributed by atoms with Gasteiger partial charge in [0.1, 0.15) is 5.76 Å². The molecule has 1 heterocycles. The molecule has 2 rings (SSSR count). The van der Waals surface area contributed by atoms with E-state index >= 15 is 0 Å². The number of hydrogen-bond donors (Lipinski definition) is 0. The monoisotopic (exact) mass is 266 g/mol. The van der Waals surface area contributed by atoms with Gasteiger partial charge in [0.2, 0.25) is 0 Å². The van der Waals surface area contributed by atoms with Crippen LogP contribution in [0.3, 0.4) is 0 Å². The molecule has 0 aliphatic carbocycles. The first-order valence-electron chi connectivity index (χ1n) is 4.62. The van der Waals surface area contributed by atoms with E-state index in [4.69, 9.17) is 9.15 Å². The maximum atomic E-state index is 5.39. The molecule has 0 radical (unpaired) electrons. The summed E-state index contributed by atoms with van der Waals surface area (Å²) in [5.74, 6) is 0.864. The van der Waals surface area contributed by atoms with Crippen LogP contribution in [-0.4, -0.2) is 7.11 Å². The molecule has 0 fully saturated rings. The van der Waals surface area contributed by atoms with Gasteiger partial charge in [-0.3, -0.25) is 0 Å². The van der Waals surface area contributed by atoms with Crippen LogP contribution in [0.25, 0.3) is 11.3 Å². The minimum absolute atomic E-state index is 0.587. The second-order valence-corrected chi connectivity index (χ2v) is 4.13. The lowest BCUT2D eigenvalue weighted by Gasteiger charge is -2.06. The lowest BCUT2D eigenvalue weighted by atomic mass is 10.1. The number of benzene rings is 1. The van der Waals surface area contributed by atoms with Gasteiger partial charge in [-0.1, -0.05) is 22.0 Å². The fourth-order valence-electron chi connectivity index (χ4n) is 1.49. The van der Waals surface area contributed by atoms with Crippen LogP contribution in [0.1, 0.15) is 5.56 Å². The number of ether oxygens (including phenoxy) is 1. The van der Waals surface area contributed by atoms with E-state index in [0.717, 1.165) is 21.4 Å². The van der Waals surface area contributed by atoms with E-state index in [1.807, 2.05) is 30.3 Å². The molecule has 0 spiro atoms. The van der Waals surface area contributed by atoms with Gasteiger partial charge in [0.15, 0.2) is 0 Å². The predicted molar refractivity (Wildman–Crippen MR) is 62.6 cm³/mol. The van der Waals surface area contributed by atoms with E-state index in [1.165, 1.54) is 0 Å². The second-order valence-electron chi connectivity index (χ2n) is 3.21. The number of furan rings is 1. The second kappa shape index (κ2) is 4.64. The lowest BCUT2D eigenvalue weighted by Crippen LogP contribution is -1.91. The van der Waals surface area contributed by atoms with Crippen molar-refractivity contribution in [1.82, 2.24) is 0 Å². The highest BCUT2D eigenvalue weighted by atomic mass is 79.9. The summed E-state index contributed by atoms with van der Waals surface area (Å²) < 4.78 is 11.6. The molecular weight excluding hydrogens is 256 g/mol. The molecule has 1 aromatic heterocycles. The van der Waals surface area contributed by atoms with Crippen molar-refractivity contribution in [2.45, 2.75) is 6.61 Å². The number of methoxy groups -OCH3 is 1. The first kappa shape index (κ1) is 10.5. The molecule has 0 amide bonds. The Morgan fingerprint density at radius 2 is 2.20 bits per heavy atom. The molecule has 0 N–H and O–H groups in total. The highest BCUT2D eigenvalue weighted by Crippen LogP contribution is 2.27. The van der Waals surface area contributed by atoms with Crippen LogP contribution in [0, 0.1) is 0 Å². The van der Waals surface area contributed by atoms with Crippen molar-refractivity contribution in [3.63, 3.8) is 0 Å². The van der Waals surface area contributed by atoms with Gasteiger partial charge in [0.25, 0.3) is 0 Å². The zero-order chi connectivity index (χ0) is 10.7. The molecule has 78 valence electrons. The van der Waals surface area contributed by atoms with Crippen LogP contribution in [-0.2, 0) is 11.3 Å². The third kappa shape index (κ3) is 2.30. The van der Waals surface area contributed by atoms with Crippen LogP contribution in [0.4, 0.5) is 0 Å². The van der Waals surface area contributed by atoms with Crippen LogP contribution in [0.15, 0.2) is 45.5 Å². The molecular formula is C12H11BrO2. The molecule has 0 atom stereocenters. The summed E-state index contributed by atoms with van der Waals surface area (Å²) in [4.78, 5) is 0. The molecule has 0 aliphatic rings. The quantitative estimate of drug-likeness (QED) is 0.842. The Balaban J connectivity index is 2.47. The van der Waals surface area contributed by atoms with Gasteiger partial charge in [0.05, 0.1) is 12.9 Å². The van der Waals surface area contributed by atoms with Crippen molar-refractivity contribution in [2.75, 3.05) is 7.11 Å². The SMILES string of the molecule is COCc1ccc(Br)cc1-c1ccco1. The molecule has 0 saturated carbocycles. The Hall–Kier alpha value is -1.06. The third-order valence-corrected chi connectivity index (χ3v) is 2.65. The molecule has 3 heteroatoms. The average molecular weight is 267 g/mol. The summed E-state index contributed by atoms with van der Waals surface area (Å²) in [6.45, 7) is 0.587. The fourth-order valence-corrected chi connectivity index (χ4v) is 1.85. The lowest BCUT2D eigenvalue weighted by molar-refractivity contribution is 0.185. The van der Waals surface area contributed by atoms with Crippen molar-refractivity contribution < 1.29 is 9.15 Å². The predicted octanol–water partition coefficient (Wildman–Crippen LogP) is 3.86. The molecule has 0 unspecified atom stereocenters. The summed E-state index contributed by atoms with van der Waals surface area (Å²) in [7, 11) is 1.69. The smallest absolute Gasteiger partial charge is 0.134 e. The summed E-state index contributed by atoms with van der Waals surface area (Å²) >= 11 is 3.45. The molecule has 1 aromatic carbocycles. The maximum Gasteiger partial charge on any atom is 0.134 e. The summed E-state index contributed by atoms with van der Waals surface area (Å²) in [6, 6.07) is 9.90. The normalized spacial score (nSPS) is 10.5. The zero-order valence-corrected chi connectivity index (χ0v) is 9.95. The molecule has 2 aromatic rings. The van der Waals surface area contributed by atoms with Crippen molar-refractivity contribution >= 4 is 15.9 Å². The van der Waals surface area contributed by atoms with Gasteiger partial charge in [-0.2, -0.15) is 0 Å². The maximum absolute atomic E-state index is 5.39. The van der Waals surface area contributed by atoms with Gasteiger partial charge in [-0.05, 0) is 29.8 Å². The Morgan fingerprint density at radius 3 is 2.87 bits per heavy atom. The first-order chi connectivity index (χ1) is 7.31. The molecule has 0 saturated heterocycles. The molecule has 0 aliphatic heterocycles. The molecule has 15 heavy (non-hydrogen) atoms. The third-order valence-electron chi connectivity index (χ3n) is 2.16. The summed E-state index contributed by atoms with van der Waals surface area (Å²) in [5, 5.41) is 0. The Morgan fingerprint density at radius 1 is 1.33 bits per heavy atom. The van der Waals surface area contributed by atoms with E-state index in [2.05, 4.69) is 15.9 Å². The topological polar surface area (TPSA) is 22.4 Å². The Labute approximate surface area is 97.0 Å². The molecule has 0 bridgehead atoms. The summed E-state index contributed by atoms with van der Waals surface area (Å²) in [5.41, 5.74) is 2.19. The van der Waals surface area contributed by atoms with Crippen LogP contribution in [0.5, 0.6) is 0 Å². The zero-order valence-electron chi connectivity index (χ0n) is 8.37. The van der Waals surface area contributed by atoms with E-state index < -0.39 is 0 Å². The largest absolute Gasteiger partial charge is 0.464 e. The van der Waals surface area contributed by atoms with E-state index in [9.17, 15) is 0 Å². The average Bonchev–Trinajstić information content (AvgIpc) is 2.74. The van der Waals surface area contributed by atoms with Gasteiger partial charge in [0, 0.05) is 17.1 Å². The molecule has 2 nitrogen and oxygen atoms in total. The van der Waals surface area contributed by atoms with Crippen molar-refractivity contribution in [3.05, 3.63) is 46.6 Å². The van der Waals surface area contributed by atoms with Crippen LogP contribution in [0.2, 0.25) is 0 Å². The van der Waals surface area contributed by atoms with Gasteiger partial charge in [-0.25, -0.2) is 0 Å². The minimum atomic E-state index is 0.587. The highest BCUT2D eigenvalue weighted by Gasteiger charge is 2.07. The minimum Gasteiger partial charge on any atom is -0.464 e. The number of rotatable bonds is 3. The van der Waals surface area contributed by atoms with Gasteiger partial charge in [-0.15, -0.1) is 0 Å².